The number of rotatable bonds is 33. The van der Waals surface area contributed by atoms with Crippen LogP contribution in [-0.2, 0) is 25.7 Å². The summed E-state index contributed by atoms with van der Waals surface area (Å²) in [5.41, 5.74) is 30.9. The Bertz CT molecular complexity index is 4040. The molecule has 0 spiro atoms. The number of hydrogen-bond donors (Lipinski definition) is 12. The average Bonchev–Trinajstić information content (AvgIpc) is 0.817. The highest BCUT2D eigenvalue weighted by molar-refractivity contribution is 6.31. The van der Waals surface area contributed by atoms with Crippen molar-refractivity contribution in [3.05, 3.63) is 324 Å². The predicted molar refractivity (Wildman–Crippen MR) is 459 cm³/mol. The molecule has 0 bridgehead atoms. The van der Waals surface area contributed by atoms with Gasteiger partial charge in [0.05, 0.1) is 50.8 Å². The van der Waals surface area contributed by atoms with E-state index in [-0.39, 0.29) is 51.5 Å². The van der Waals surface area contributed by atoms with E-state index in [1.54, 1.807) is 0 Å². The molecule has 112 heavy (non-hydrogen) atoms. The summed E-state index contributed by atoms with van der Waals surface area (Å²) in [7, 11) is 0. The van der Waals surface area contributed by atoms with Crippen LogP contribution in [0, 0.1) is 0 Å². The number of aryl methyl sites for hydroxylation is 2. The first kappa shape index (κ1) is 87.6. The molecule has 0 saturated carbocycles. The van der Waals surface area contributed by atoms with E-state index in [1.165, 1.54) is 50.1 Å². The van der Waals surface area contributed by atoms with Gasteiger partial charge in [-0.1, -0.05) is 180 Å². The van der Waals surface area contributed by atoms with E-state index in [9.17, 15) is 20.4 Å². The summed E-state index contributed by atoms with van der Waals surface area (Å²) in [6.07, 6.45) is 3.77. The number of aliphatic hydroxyl groups excluding tert-OH is 10. The number of nitrogens with two attached hydrogens (primary N) is 2. The molecule has 2 aliphatic heterocycles. The summed E-state index contributed by atoms with van der Waals surface area (Å²) in [6, 6.07) is 82.8. The number of anilines is 5. The maximum atomic E-state index is 10.1. The molecule has 0 radical (unpaired) electrons. The van der Waals surface area contributed by atoms with Crippen molar-refractivity contribution in [2.75, 3.05) is 143 Å². The molecular formula is C92H112Cl3N7O10. The van der Waals surface area contributed by atoms with E-state index >= 15 is 0 Å². The zero-order valence-corrected chi connectivity index (χ0v) is 66.2. The van der Waals surface area contributed by atoms with Crippen LogP contribution in [0.4, 0.5) is 28.4 Å². The molecule has 14 N–H and O–H groups in total. The largest absolute Gasteiger partial charge is 0.396 e. The number of benzene rings is 10. The molecular weight excluding hydrogens is 1470 g/mol. The van der Waals surface area contributed by atoms with Crippen LogP contribution in [0.2, 0.25) is 15.1 Å². The summed E-state index contributed by atoms with van der Waals surface area (Å²) in [5, 5.41) is 97.0. The van der Waals surface area contributed by atoms with Gasteiger partial charge in [0, 0.05) is 160 Å². The third-order valence-corrected chi connectivity index (χ3v) is 20.9. The zero-order chi connectivity index (χ0) is 79.6. The minimum atomic E-state index is -0.532. The molecule has 2 heterocycles. The maximum Gasteiger partial charge on any atom is 0.0740 e. The fourth-order valence-corrected chi connectivity index (χ4v) is 14.9. The van der Waals surface area contributed by atoms with Crippen LogP contribution in [0.25, 0.3) is 0 Å². The van der Waals surface area contributed by atoms with Crippen molar-refractivity contribution in [1.29, 1.82) is 0 Å². The van der Waals surface area contributed by atoms with Gasteiger partial charge >= 0.3 is 0 Å². The molecule has 17 nitrogen and oxygen atoms in total. The van der Waals surface area contributed by atoms with E-state index in [0.29, 0.717) is 83.3 Å². The highest BCUT2D eigenvalue weighted by Crippen LogP contribution is 2.37. The first-order chi connectivity index (χ1) is 54.5. The van der Waals surface area contributed by atoms with Gasteiger partial charge in [0.15, 0.2) is 0 Å². The second-order valence-corrected chi connectivity index (χ2v) is 29.9. The fourth-order valence-electron chi connectivity index (χ4n) is 14.5. The minimum absolute atomic E-state index is 0.0135. The fraction of sp³-hybridized carbons (Fsp3) is 0.348. The number of nitrogens with zero attached hydrogens (tertiary/aromatic N) is 5. The molecule has 12 rings (SSSR count). The van der Waals surface area contributed by atoms with Gasteiger partial charge in [0.2, 0.25) is 0 Å². The standard InChI is InChI=1S/C29H33ClN2O4.C25H27ClO2.C21H32N4O2.C17H20ClNO2/c30-22-7-1-19(2-8-22)29(20-3-9-23(10-4-20)31-15-25(33)13-26(34)16-31)21-5-11-24(12-6-21)32-17-27(35)14-28(36)18-32;26-24-15-13-23(14-16-24)25(21-9-5-19(6-10-21)3-1-17-27)22-11-7-20(8-12-22)4-2-18-28;22-9-11-24(12-10-23)20-5-1-18(2-6-20)17-19-3-7-21(8-4-19)25(13-15-26)14-16-27;18-16-5-1-14(2-6-16)13-15-3-7-17(8-4-15)19(9-11-20)10-12-21/h1-12,25-29,33-36H,13-18H2;5-16,25,27-28H,1-4,17-18H2;1-8,26-27H,9-17,22-23H2;1-8,20-21H,9-13H2. The number of hydrogen-bond acceptors (Lipinski definition) is 17. The Morgan fingerprint density at radius 3 is 0.768 bits per heavy atom. The molecule has 596 valence electrons. The van der Waals surface area contributed by atoms with E-state index < -0.39 is 24.4 Å². The molecule has 10 aromatic carbocycles. The van der Waals surface area contributed by atoms with Crippen molar-refractivity contribution in [3.63, 3.8) is 0 Å². The van der Waals surface area contributed by atoms with E-state index in [1.807, 2.05) is 129 Å². The van der Waals surface area contributed by atoms with Gasteiger partial charge in [-0.15, -0.1) is 0 Å². The van der Waals surface area contributed by atoms with Crippen LogP contribution < -0.4 is 36.0 Å². The lowest BCUT2D eigenvalue weighted by molar-refractivity contribution is 0.0645. The first-order valence-corrected chi connectivity index (χ1v) is 40.1. The van der Waals surface area contributed by atoms with E-state index in [0.717, 1.165) is 107 Å². The third kappa shape index (κ3) is 27.4. The number of piperidine rings is 2. The number of aliphatic hydroxyl groups is 10. The Morgan fingerprint density at radius 1 is 0.295 bits per heavy atom. The van der Waals surface area contributed by atoms with E-state index in [2.05, 4.69) is 138 Å². The van der Waals surface area contributed by atoms with Gasteiger partial charge < -0.3 is 87.0 Å². The molecule has 0 aromatic heterocycles. The van der Waals surface area contributed by atoms with Gasteiger partial charge in [-0.3, -0.25) is 0 Å². The SMILES string of the molecule is NCCN(CCN)c1ccc(Cc2ccc(N(CCO)CCO)cc2)cc1.OC1CC(O)CN(c2ccc(C(c3ccc(Cl)cc3)c3ccc(N4CC(O)CC(O)C4)cc3)cc2)C1.OCCCc1ccc(C(c2ccc(Cl)cc2)c2ccc(CCCO)cc2)cc1.OCCN(CCO)c1ccc(Cc2ccc(Cl)cc2)cc1. The molecule has 2 aliphatic rings. The van der Waals surface area contributed by atoms with Crippen LogP contribution in [0.3, 0.4) is 0 Å². The van der Waals surface area contributed by atoms with Gasteiger partial charge in [0.25, 0.3) is 0 Å². The smallest absolute Gasteiger partial charge is 0.0740 e. The lowest BCUT2D eigenvalue weighted by atomic mass is 9.84. The van der Waals surface area contributed by atoms with Gasteiger partial charge in [0.1, 0.15) is 0 Å². The molecule has 2 fully saturated rings. The molecule has 2 saturated heterocycles. The lowest BCUT2D eigenvalue weighted by Crippen LogP contribution is -2.45. The quantitative estimate of drug-likeness (QED) is 0.0171. The van der Waals surface area contributed by atoms with Crippen LogP contribution in [0.1, 0.15) is 104 Å². The average molecular weight is 1580 g/mol. The van der Waals surface area contributed by atoms with Crippen molar-refractivity contribution in [3.8, 4) is 0 Å². The second-order valence-electron chi connectivity index (χ2n) is 28.6. The minimum Gasteiger partial charge on any atom is -0.396 e. The number of β-amino-alcohol motifs (C(OH)–C–C–N with tert-alkyl or cyclic N) is 4. The topological polar surface area (TPSA) is 271 Å². The van der Waals surface area contributed by atoms with Crippen LogP contribution in [-0.4, -0.2) is 194 Å². The second kappa shape index (κ2) is 46.7. The molecule has 10 aromatic rings. The summed E-state index contributed by atoms with van der Waals surface area (Å²) in [5.74, 6) is 0.122. The van der Waals surface area contributed by atoms with Crippen molar-refractivity contribution in [2.45, 2.75) is 87.6 Å². The zero-order valence-electron chi connectivity index (χ0n) is 63.9. The normalized spacial score (nSPS) is 15.6. The predicted octanol–water partition coefficient (Wildman–Crippen LogP) is 12.3. The van der Waals surface area contributed by atoms with Crippen molar-refractivity contribution < 1.29 is 51.1 Å². The highest BCUT2D eigenvalue weighted by atomic mass is 35.5. The van der Waals surface area contributed by atoms with Crippen molar-refractivity contribution >= 4 is 63.2 Å². The highest BCUT2D eigenvalue weighted by Gasteiger charge is 2.28. The first-order valence-electron chi connectivity index (χ1n) is 38.9. The van der Waals surface area contributed by atoms with E-state index in [4.69, 9.17) is 76.9 Å². The van der Waals surface area contributed by atoms with Crippen LogP contribution in [0.15, 0.2) is 243 Å². The molecule has 4 unspecified atom stereocenters. The summed E-state index contributed by atoms with van der Waals surface area (Å²) in [6.45, 7) is 7.68. The van der Waals surface area contributed by atoms with Crippen LogP contribution in [0.5, 0.6) is 0 Å². The van der Waals surface area contributed by atoms with Crippen LogP contribution >= 0.6 is 34.8 Å². The molecule has 4 atom stereocenters. The van der Waals surface area contributed by atoms with Crippen molar-refractivity contribution in [1.82, 2.24) is 0 Å². The Labute approximate surface area is 676 Å². The van der Waals surface area contributed by atoms with Gasteiger partial charge in [-0.25, -0.2) is 0 Å². The Hall–Kier alpha value is -8.41. The third-order valence-electron chi connectivity index (χ3n) is 20.2. The Morgan fingerprint density at radius 2 is 0.518 bits per heavy atom. The Kier molecular flexibility index (Phi) is 36.5. The monoisotopic (exact) mass is 1580 g/mol. The summed E-state index contributed by atoms with van der Waals surface area (Å²) < 4.78 is 0. The molecule has 0 amide bonds. The van der Waals surface area contributed by atoms with Gasteiger partial charge in [-0.2, -0.15) is 0 Å². The summed E-state index contributed by atoms with van der Waals surface area (Å²) >= 11 is 18.2. The lowest BCUT2D eigenvalue weighted by Gasteiger charge is -2.35. The number of halogens is 3. The molecule has 20 heteroatoms. The molecule has 0 aliphatic carbocycles. The maximum absolute atomic E-state index is 10.1. The van der Waals surface area contributed by atoms with Crippen molar-refractivity contribution in [2.24, 2.45) is 11.5 Å². The Balaban J connectivity index is 0.000000175. The summed E-state index contributed by atoms with van der Waals surface area (Å²) in [4.78, 5) is 10.2. The van der Waals surface area contributed by atoms with Gasteiger partial charge in [-0.05, 0) is 202 Å².